The summed E-state index contributed by atoms with van der Waals surface area (Å²) < 4.78 is 44.0. The van der Waals surface area contributed by atoms with Crippen molar-refractivity contribution in [2.75, 3.05) is 19.6 Å². The first-order valence-electron chi connectivity index (χ1n) is 9.19. The third-order valence-corrected chi connectivity index (χ3v) is 5.14. The second-order valence-corrected chi connectivity index (χ2v) is 6.91. The summed E-state index contributed by atoms with van der Waals surface area (Å²) in [6.45, 7) is 3.28. The molecule has 0 atom stereocenters. The van der Waals surface area contributed by atoms with Gasteiger partial charge in [0.15, 0.2) is 0 Å². The van der Waals surface area contributed by atoms with E-state index in [9.17, 15) is 18.0 Å². The number of aromatic nitrogens is 3. The zero-order chi connectivity index (χ0) is 19.7. The first-order valence-corrected chi connectivity index (χ1v) is 9.19. The van der Waals surface area contributed by atoms with Crippen LogP contribution in [0.15, 0.2) is 24.3 Å². The summed E-state index contributed by atoms with van der Waals surface area (Å²) in [6, 6.07) is 5.45. The van der Waals surface area contributed by atoms with Gasteiger partial charge in [0.1, 0.15) is 17.4 Å². The SMILES string of the molecule is O=C(c1ccccc1OC(F)(F)F)N1CCC(c2nnc3n2CCNC3)CC1. The number of fused-ring (bicyclic) bond motifs is 1. The van der Waals surface area contributed by atoms with Crippen LogP contribution in [0.4, 0.5) is 13.2 Å². The third kappa shape index (κ3) is 3.82. The molecule has 0 radical (unpaired) electrons. The Labute approximate surface area is 159 Å². The lowest BCUT2D eigenvalue weighted by Gasteiger charge is -2.32. The summed E-state index contributed by atoms with van der Waals surface area (Å²) in [5.74, 6) is 1.11. The number of nitrogens with one attached hydrogen (secondary N) is 1. The van der Waals surface area contributed by atoms with Crippen LogP contribution in [0.25, 0.3) is 0 Å². The lowest BCUT2D eigenvalue weighted by atomic mass is 9.95. The van der Waals surface area contributed by atoms with Crippen LogP contribution in [0.1, 0.15) is 40.8 Å². The number of piperidine rings is 1. The van der Waals surface area contributed by atoms with Crippen LogP contribution in [0.3, 0.4) is 0 Å². The van der Waals surface area contributed by atoms with Crippen LogP contribution < -0.4 is 10.1 Å². The highest BCUT2D eigenvalue weighted by molar-refractivity contribution is 5.97. The maximum absolute atomic E-state index is 12.8. The van der Waals surface area contributed by atoms with E-state index >= 15 is 0 Å². The lowest BCUT2D eigenvalue weighted by Crippen LogP contribution is -2.39. The third-order valence-electron chi connectivity index (χ3n) is 5.14. The van der Waals surface area contributed by atoms with Gasteiger partial charge in [-0.2, -0.15) is 0 Å². The molecule has 0 unspecified atom stereocenters. The van der Waals surface area contributed by atoms with Crippen LogP contribution in [-0.4, -0.2) is 51.6 Å². The van der Waals surface area contributed by atoms with Gasteiger partial charge < -0.3 is 19.5 Å². The number of hydrogen-bond acceptors (Lipinski definition) is 5. The van der Waals surface area contributed by atoms with E-state index in [1.807, 2.05) is 0 Å². The molecule has 1 aromatic heterocycles. The molecule has 0 aliphatic carbocycles. The van der Waals surface area contributed by atoms with E-state index < -0.39 is 18.0 Å². The topological polar surface area (TPSA) is 72.3 Å². The van der Waals surface area contributed by atoms with Crippen molar-refractivity contribution in [3.8, 4) is 5.75 Å². The molecular weight excluding hydrogens is 375 g/mol. The number of carbonyl (C=O) groups excluding carboxylic acids is 1. The molecule has 1 fully saturated rings. The van der Waals surface area contributed by atoms with Crippen molar-refractivity contribution in [3.05, 3.63) is 41.5 Å². The number of ether oxygens (including phenoxy) is 1. The van der Waals surface area contributed by atoms with Gasteiger partial charge in [-0.3, -0.25) is 4.79 Å². The molecule has 2 aromatic rings. The van der Waals surface area contributed by atoms with Crippen LogP contribution in [0, 0.1) is 0 Å². The molecule has 2 aliphatic rings. The van der Waals surface area contributed by atoms with E-state index in [4.69, 9.17) is 0 Å². The van der Waals surface area contributed by atoms with E-state index in [-0.39, 0.29) is 11.5 Å². The van der Waals surface area contributed by atoms with Gasteiger partial charge in [0.2, 0.25) is 0 Å². The molecule has 7 nitrogen and oxygen atoms in total. The smallest absolute Gasteiger partial charge is 0.405 e. The number of amides is 1. The Kier molecular flexibility index (Phi) is 4.96. The minimum Gasteiger partial charge on any atom is -0.405 e. The molecule has 0 saturated carbocycles. The van der Waals surface area contributed by atoms with Crippen LogP contribution >= 0.6 is 0 Å². The number of nitrogens with zero attached hydrogens (tertiary/aromatic N) is 4. The van der Waals surface area contributed by atoms with Gasteiger partial charge in [0.05, 0.1) is 12.1 Å². The summed E-state index contributed by atoms with van der Waals surface area (Å²) in [7, 11) is 0. The summed E-state index contributed by atoms with van der Waals surface area (Å²) in [5.41, 5.74) is -0.0794. The molecule has 4 rings (SSSR count). The zero-order valence-corrected chi connectivity index (χ0v) is 15.1. The molecule has 150 valence electrons. The summed E-state index contributed by atoms with van der Waals surface area (Å²) in [6.07, 6.45) is -3.45. The second kappa shape index (κ2) is 7.42. The van der Waals surface area contributed by atoms with E-state index in [0.717, 1.165) is 30.8 Å². The number of halogens is 3. The molecule has 0 spiro atoms. The Hall–Kier alpha value is -2.62. The highest BCUT2D eigenvalue weighted by atomic mass is 19.4. The molecule has 2 aliphatic heterocycles. The largest absolute Gasteiger partial charge is 0.573 e. The quantitative estimate of drug-likeness (QED) is 0.864. The van der Waals surface area contributed by atoms with Crippen molar-refractivity contribution in [2.24, 2.45) is 0 Å². The van der Waals surface area contributed by atoms with Crippen molar-refractivity contribution in [1.29, 1.82) is 0 Å². The Morgan fingerprint density at radius 1 is 1.14 bits per heavy atom. The molecular formula is C18H20F3N5O2. The average Bonchev–Trinajstić information content (AvgIpc) is 3.11. The van der Waals surface area contributed by atoms with Gasteiger partial charge in [0.25, 0.3) is 5.91 Å². The van der Waals surface area contributed by atoms with E-state index in [0.29, 0.717) is 32.5 Å². The fourth-order valence-corrected chi connectivity index (χ4v) is 3.78. The van der Waals surface area contributed by atoms with Gasteiger partial charge in [-0.25, -0.2) is 0 Å². The van der Waals surface area contributed by atoms with Crippen LogP contribution in [-0.2, 0) is 13.1 Å². The maximum atomic E-state index is 12.8. The number of alkyl halides is 3. The molecule has 1 amide bonds. The average molecular weight is 395 g/mol. The number of likely N-dealkylation sites (tertiary alicyclic amines) is 1. The zero-order valence-electron chi connectivity index (χ0n) is 15.1. The highest BCUT2D eigenvalue weighted by Crippen LogP contribution is 2.31. The number of rotatable bonds is 3. The Bertz CT molecular complexity index is 859. The van der Waals surface area contributed by atoms with E-state index in [1.165, 1.54) is 18.2 Å². The van der Waals surface area contributed by atoms with Crippen molar-refractivity contribution in [2.45, 2.75) is 38.2 Å². The number of benzene rings is 1. The fraction of sp³-hybridized carbons (Fsp3) is 0.500. The standard InChI is InChI=1S/C18H20F3N5O2/c19-18(20,21)28-14-4-2-1-3-13(14)17(27)25-8-5-12(6-9-25)16-24-23-15-11-22-7-10-26(15)16/h1-4,12,22H,5-11H2. The summed E-state index contributed by atoms with van der Waals surface area (Å²) in [4.78, 5) is 14.3. The highest BCUT2D eigenvalue weighted by Gasteiger charge is 2.34. The molecule has 1 saturated heterocycles. The Morgan fingerprint density at radius 2 is 1.89 bits per heavy atom. The van der Waals surface area contributed by atoms with Gasteiger partial charge in [-0.15, -0.1) is 23.4 Å². The van der Waals surface area contributed by atoms with E-state index in [2.05, 4.69) is 24.8 Å². The van der Waals surface area contributed by atoms with Crippen LogP contribution in [0.5, 0.6) is 5.75 Å². The first-order chi connectivity index (χ1) is 13.4. The molecule has 10 heteroatoms. The first kappa shape index (κ1) is 18.7. The van der Waals surface area contributed by atoms with Crippen molar-refractivity contribution >= 4 is 5.91 Å². The number of carbonyl (C=O) groups is 1. The monoisotopic (exact) mass is 395 g/mol. The van der Waals surface area contributed by atoms with Gasteiger partial charge in [0, 0.05) is 32.1 Å². The lowest BCUT2D eigenvalue weighted by molar-refractivity contribution is -0.274. The summed E-state index contributed by atoms with van der Waals surface area (Å²) in [5, 5.41) is 11.8. The van der Waals surface area contributed by atoms with E-state index in [1.54, 1.807) is 4.90 Å². The summed E-state index contributed by atoms with van der Waals surface area (Å²) >= 11 is 0. The van der Waals surface area contributed by atoms with Crippen molar-refractivity contribution in [1.82, 2.24) is 25.0 Å². The van der Waals surface area contributed by atoms with Gasteiger partial charge >= 0.3 is 6.36 Å². The fourth-order valence-electron chi connectivity index (χ4n) is 3.78. The van der Waals surface area contributed by atoms with Gasteiger partial charge in [-0.05, 0) is 25.0 Å². The Balaban J connectivity index is 1.44. The molecule has 0 bridgehead atoms. The molecule has 1 N–H and O–H groups in total. The molecule has 1 aromatic carbocycles. The maximum Gasteiger partial charge on any atom is 0.573 e. The van der Waals surface area contributed by atoms with Gasteiger partial charge in [-0.1, -0.05) is 12.1 Å². The minimum atomic E-state index is -4.84. The van der Waals surface area contributed by atoms with Crippen molar-refractivity contribution < 1.29 is 22.7 Å². The second-order valence-electron chi connectivity index (χ2n) is 6.91. The predicted octanol–water partition coefficient (Wildman–Crippen LogP) is 2.30. The molecule has 3 heterocycles. The Morgan fingerprint density at radius 3 is 2.64 bits per heavy atom. The number of hydrogen-bond donors (Lipinski definition) is 1. The van der Waals surface area contributed by atoms with Crippen LogP contribution in [0.2, 0.25) is 0 Å². The normalized spacial score (nSPS) is 18.0. The molecule has 28 heavy (non-hydrogen) atoms. The number of para-hydroxylation sites is 1. The predicted molar refractivity (Wildman–Crippen MR) is 92.7 cm³/mol. The van der Waals surface area contributed by atoms with Crippen molar-refractivity contribution in [3.63, 3.8) is 0 Å². The minimum absolute atomic E-state index is 0.0794.